The molecule has 0 aliphatic carbocycles. The van der Waals surface area contributed by atoms with Gasteiger partial charge in [-0.05, 0) is 31.2 Å². The van der Waals surface area contributed by atoms with Crippen LogP contribution in [-0.4, -0.2) is 49.1 Å². The second kappa shape index (κ2) is 11.1. The summed E-state index contributed by atoms with van der Waals surface area (Å²) in [7, 11) is 3.21. The highest BCUT2D eigenvalue weighted by Gasteiger charge is 2.31. The molecule has 0 radical (unpaired) electrons. The SMILES string of the molecule is CCN1C(=O)/C(=C\c2cccc(OC)c2OCCCOc2cccc(OC)c2)SC1=S. The molecule has 1 aliphatic heterocycles. The second-order valence-corrected chi connectivity index (χ2v) is 8.21. The molecular formula is C23H25NO5S2. The van der Waals surface area contributed by atoms with E-state index in [0.29, 0.717) is 46.9 Å². The molecule has 0 aromatic heterocycles. The van der Waals surface area contributed by atoms with Crippen molar-refractivity contribution >= 4 is 40.3 Å². The van der Waals surface area contributed by atoms with Gasteiger partial charge >= 0.3 is 0 Å². The molecule has 1 fully saturated rings. The van der Waals surface area contributed by atoms with Crippen molar-refractivity contribution in [3.63, 3.8) is 0 Å². The zero-order valence-corrected chi connectivity index (χ0v) is 19.4. The maximum absolute atomic E-state index is 12.5. The first kappa shape index (κ1) is 23.0. The van der Waals surface area contributed by atoms with E-state index in [2.05, 4.69) is 0 Å². The monoisotopic (exact) mass is 459 g/mol. The van der Waals surface area contributed by atoms with Gasteiger partial charge in [-0.2, -0.15) is 0 Å². The lowest BCUT2D eigenvalue weighted by Crippen LogP contribution is -2.27. The number of amides is 1. The third kappa shape index (κ3) is 5.71. The minimum absolute atomic E-state index is 0.0852. The first-order chi connectivity index (χ1) is 15.1. The lowest BCUT2D eigenvalue weighted by Gasteiger charge is -2.14. The van der Waals surface area contributed by atoms with Crippen LogP contribution in [0.4, 0.5) is 0 Å². The molecule has 1 amide bonds. The molecule has 164 valence electrons. The van der Waals surface area contributed by atoms with E-state index >= 15 is 0 Å². The molecule has 2 aromatic rings. The fourth-order valence-corrected chi connectivity index (χ4v) is 4.36. The second-order valence-electron chi connectivity index (χ2n) is 6.53. The number of benzene rings is 2. The van der Waals surface area contributed by atoms with E-state index in [0.717, 1.165) is 17.1 Å². The summed E-state index contributed by atoms with van der Waals surface area (Å²) in [5.41, 5.74) is 0.768. The van der Waals surface area contributed by atoms with Gasteiger partial charge in [0.1, 0.15) is 15.8 Å². The number of methoxy groups -OCH3 is 2. The maximum atomic E-state index is 12.5. The lowest BCUT2D eigenvalue weighted by atomic mass is 10.1. The minimum Gasteiger partial charge on any atom is -0.497 e. The Hall–Kier alpha value is -2.71. The van der Waals surface area contributed by atoms with Crippen LogP contribution in [-0.2, 0) is 4.79 Å². The number of thiocarbonyl (C=S) groups is 1. The molecular weight excluding hydrogens is 434 g/mol. The Balaban J connectivity index is 1.65. The Morgan fingerprint density at radius 2 is 1.77 bits per heavy atom. The van der Waals surface area contributed by atoms with Crippen molar-refractivity contribution in [2.75, 3.05) is 34.0 Å². The number of thioether (sulfide) groups is 1. The molecule has 0 bridgehead atoms. The summed E-state index contributed by atoms with van der Waals surface area (Å²) < 4.78 is 23.0. The minimum atomic E-state index is -0.0852. The molecule has 0 saturated carbocycles. The summed E-state index contributed by atoms with van der Waals surface area (Å²) in [5.74, 6) is 2.61. The highest BCUT2D eigenvalue weighted by molar-refractivity contribution is 8.26. The number of likely N-dealkylation sites (N-methyl/N-ethyl adjacent to an activating group) is 1. The van der Waals surface area contributed by atoms with Gasteiger partial charge in [-0.3, -0.25) is 9.69 Å². The quantitative estimate of drug-likeness (QED) is 0.288. The third-order valence-electron chi connectivity index (χ3n) is 4.55. The number of ether oxygens (including phenoxy) is 4. The van der Waals surface area contributed by atoms with Crippen LogP contribution in [0.25, 0.3) is 6.08 Å². The predicted molar refractivity (Wildman–Crippen MR) is 127 cm³/mol. The van der Waals surface area contributed by atoms with Crippen molar-refractivity contribution in [2.45, 2.75) is 13.3 Å². The normalized spacial score (nSPS) is 14.8. The van der Waals surface area contributed by atoms with Gasteiger partial charge in [-0.15, -0.1) is 0 Å². The Morgan fingerprint density at radius 3 is 2.48 bits per heavy atom. The van der Waals surface area contributed by atoms with Gasteiger partial charge in [0.05, 0.1) is 32.3 Å². The van der Waals surface area contributed by atoms with Crippen molar-refractivity contribution in [3.8, 4) is 23.0 Å². The van der Waals surface area contributed by atoms with Crippen LogP contribution in [0.1, 0.15) is 18.9 Å². The van der Waals surface area contributed by atoms with E-state index < -0.39 is 0 Å². The lowest BCUT2D eigenvalue weighted by molar-refractivity contribution is -0.121. The van der Waals surface area contributed by atoms with Gasteiger partial charge in [0.2, 0.25) is 0 Å². The zero-order valence-electron chi connectivity index (χ0n) is 17.8. The summed E-state index contributed by atoms with van der Waals surface area (Å²) in [5, 5.41) is 0. The highest BCUT2D eigenvalue weighted by Crippen LogP contribution is 2.37. The van der Waals surface area contributed by atoms with Crippen molar-refractivity contribution in [1.82, 2.24) is 4.90 Å². The number of para-hydroxylation sites is 1. The zero-order chi connectivity index (χ0) is 22.2. The van der Waals surface area contributed by atoms with Crippen molar-refractivity contribution in [1.29, 1.82) is 0 Å². The molecule has 2 aromatic carbocycles. The summed E-state index contributed by atoms with van der Waals surface area (Å²) >= 11 is 6.59. The molecule has 31 heavy (non-hydrogen) atoms. The summed E-state index contributed by atoms with van der Waals surface area (Å²) in [4.78, 5) is 14.7. The highest BCUT2D eigenvalue weighted by atomic mass is 32.2. The van der Waals surface area contributed by atoms with Crippen LogP contribution in [0.15, 0.2) is 47.4 Å². The molecule has 0 spiro atoms. The standard InChI is InChI=1S/C23H25NO5S2/c1-4-24-22(25)20(31-23(24)30)14-16-8-5-11-19(27-3)21(16)29-13-7-12-28-18-10-6-9-17(15-18)26-2/h5-6,8-11,14-15H,4,7,12-13H2,1-3H3/b20-14+. The Bertz CT molecular complexity index is 976. The van der Waals surface area contributed by atoms with Gasteiger partial charge in [0.15, 0.2) is 11.5 Å². The van der Waals surface area contributed by atoms with Crippen LogP contribution in [0.2, 0.25) is 0 Å². The number of rotatable bonds is 10. The molecule has 1 saturated heterocycles. The number of carbonyl (C=O) groups is 1. The number of hydrogen-bond donors (Lipinski definition) is 0. The Morgan fingerprint density at radius 1 is 1.03 bits per heavy atom. The molecule has 3 rings (SSSR count). The third-order valence-corrected chi connectivity index (χ3v) is 5.93. The molecule has 0 N–H and O–H groups in total. The van der Waals surface area contributed by atoms with Crippen LogP contribution in [0, 0.1) is 0 Å². The van der Waals surface area contributed by atoms with Gasteiger partial charge < -0.3 is 18.9 Å². The average Bonchev–Trinajstić information content (AvgIpc) is 3.06. The maximum Gasteiger partial charge on any atom is 0.266 e. The number of nitrogens with zero attached hydrogens (tertiary/aromatic N) is 1. The van der Waals surface area contributed by atoms with E-state index in [4.69, 9.17) is 31.2 Å². The number of hydrogen-bond acceptors (Lipinski definition) is 7. The summed E-state index contributed by atoms with van der Waals surface area (Å²) in [6, 6.07) is 13.1. The van der Waals surface area contributed by atoms with Crippen LogP contribution >= 0.6 is 24.0 Å². The number of carbonyl (C=O) groups excluding carboxylic acids is 1. The van der Waals surface area contributed by atoms with Gasteiger partial charge in [0, 0.05) is 24.6 Å². The molecule has 8 heteroatoms. The van der Waals surface area contributed by atoms with Crippen LogP contribution < -0.4 is 18.9 Å². The fourth-order valence-electron chi connectivity index (χ4n) is 2.99. The van der Waals surface area contributed by atoms with Crippen molar-refractivity contribution in [2.24, 2.45) is 0 Å². The van der Waals surface area contributed by atoms with E-state index in [1.165, 1.54) is 11.8 Å². The van der Waals surface area contributed by atoms with E-state index in [-0.39, 0.29) is 5.91 Å². The largest absolute Gasteiger partial charge is 0.497 e. The molecule has 6 nitrogen and oxygen atoms in total. The van der Waals surface area contributed by atoms with Gasteiger partial charge in [0.25, 0.3) is 5.91 Å². The smallest absolute Gasteiger partial charge is 0.266 e. The molecule has 1 heterocycles. The predicted octanol–water partition coefficient (Wildman–Crippen LogP) is 4.77. The first-order valence-corrected chi connectivity index (χ1v) is 11.1. The summed E-state index contributed by atoms with van der Waals surface area (Å²) in [6.07, 6.45) is 2.48. The average molecular weight is 460 g/mol. The topological polar surface area (TPSA) is 57.2 Å². The first-order valence-electron chi connectivity index (χ1n) is 9.89. The van der Waals surface area contributed by atoms with Crippen molar-refractivity contribution in [3.05, 3.63) is 52.9 Å². The van der Waals surface area contributed by atoms with Crippen LogP contribution in [0.3, 0.4) is 0 Å². The molecule has 0 atom stereocenters. The van der Waals surface area contributed by atoms with E-state index in [9.17, 15) is 4.79 Å². The fraction of sp³-hybridized carbons (Fsp3) is 0.304. The summed E-state index contributed by atoms with van der Waals surface area (Å²) in [6.45, 7) is 3.38. The van der Waals surface area contributed by atoms with Crippen molar-refractivity contribution < 1.29 is 23.7 Å². The molecule has 1 aliphatic rings. The molecule has 0 unspecified atom stereocenters. The van der Waals surface area contributed by atoms with E-state index in [1.807, 2.05) is 49.4 Å². The van der Waals surface area contributed by atoms with Gasteiger partial charge in [-0.25, -0.2) is 0 Å². The van der Waals surface area contributed by atoms with E-state index in [1.54, 1.807) is 25.2 Å². The Labute approximate surface area is 192 Å². The van der Waals surface area contributed by atoms with Crippen LogP contribution in [0.5, 0.6) is 23.0 Å². The Kier molecular flexibility index (Phi) is 8.20. The van der Waals surface area contributed by atoms with Gasteiger partial charge in [-0.1, -0.05) is 42.2 Å².